The van der Waals surface area contributed by atoms with Crippen molar-refractivity contribution >= 4 is 39.3 Å². The lowest BCUT2D eigenvalue weighted by molar-refractivity contribution is 1.40. The minimum Gasteiger partial charge on any atom is -0.122 e. The molecule has 0 heterocycles. The smallest absolute Gasteiger partial charge is 0.0439 e. The summed E-state index contributed by atoms with van der Waals surface area (Å²) in [6.45, 7) is 3.85. The van der Waals surface area contributed by atoms with Crippen LogP contribution in [0.15, 0.2) is 45.8 Å². The van der Waals surface area contributed by atoms with Crippen LogP contribution in [0.5, 0.6) is 0 Å². The molecule has 1 aromatic rings. The first kappa shape index (κ1) is 11.2. The number of hydrogen-bond acceptors (Lipinski definition) is 1. The molecule has 3 heteroatoms. The zero-order valence-electron chi connectivity index (χ0n) is 7.09. The van der Waals surface area contributed by atoms with Crippen molar-refractivity contribution in [1.82, 2.24) is 0 Å². The largest absolute Gasteiger partial charge is 0.122 e. The van der Waals surface area contributed by atoms with Crippen molar-refractivity contribution in [2.45, 2.75) is 4.90 Å². The van der Waals surface area contributed by atoms with Crippen molar-refractivity contribution in [2.75, 3.05) is 11.6 Å². The van der Waals surface area contributed by atoms with E-state index in [0.29, 0.717) is 5.88 Å². The van der Waals surface area contributed by atoms with E-state index >= 15 is 0 Å². The number of benzene rings is 1. The zero-order chi connectivity index (χ0) is 9.68. The Hall–Kier alpha value is 0.0800. The molecule has 0 fully saturated rings. The third-order valence-electron chi connectivity index (χ3n) is 1.43. The average Bonchev–Trinajstić information content (AvgIpc) is 2.14. The minimum absolute atomic E-state index is 0.543. The van der Waals surface area contributed by atoms with Crippen LogP contribution in [0.3, 0.4) is 0 Å². The summed E-state index contributed by atoms with van der Waals surface area (Å²) >= 11 is 10.8. The average molecular weight is 278 g/mol. The van der Waals surface area contributed by atoms with Crippen molar-refractivity contribution in [3.05, 3.63) is 40.9 Å². The van der Waals surface area contributed by atoms with Gasteiger partial charge in [-0.1, -0.05) is 34.1 Å². The molecule has 0 saturated heterocycles. The predicted octanol–water partition coefficient (Wildman–Crippen LogP) is 4.34. The minimum atomic E-state index is 0.543. The van der Waals surface area contributed by atoms with Gasteiger partial charge < -0.3 is 0 Å². The molecule has 1 rings (SSSR count). The van der Waals surface area contributed by atoms with Gasteiger partial charge in [-0.25, -0.2) is 0 Å². The standard InChI is InChI=1S/C10H10BrClS/c1-8(6-12)7-13-10-4-2-3-9(11)5-10/h2-5H,1,6-7H2. The monoisotopic (exact) mass is 276 g/mol. The highest BCUT2D eigenvalue weighted by Gasteiger charge is 1.96. The fourth-order valence-corrected chi connectivity index (χ4v) is 2.40. The normalized spacial score (nSPS) is 10.0. The predicted molar refractivity (Wildman–Crippen MR) is 64.7 cm³/mol. The van der Waals surface area contributed by atoms with Gasteiger partial charge in [0.25, 0.3) is 0 Å². The Kier molecular flexibility index (Phi) is 4.92. The van der Waals surface area contributed by atoms with Gasteiger partial charge >= 0.3 is 0 Å². The van der Waals surface area contributed by atoms with Gasteiger partial charge in [0.05, 0.1) is 0 Å². The molecule has 0 aliphatic rings. The molecule has 0 radical (unpaired) electrons. The second-order valence-electron chi connectivity index (χ2n) is 2.63. The van der Waals surface area contributed by atoms with Gasteiger partial charge in [-0.15, -0.1) is 23.4 Å². The first-order chi connectivity index (χ1) is 6.22. The molecule has 0 nitrogen and oxygen atoms in total. The molecule has 0 atom stereocenters. The number of alkyl halides is 1. The maximum atomic E-state index is 5.63. The summed E-state index contributed by atoms with van der Waals surface area (Å²) < 4.78 is 1.11. The first-order valence-electron chi connectivity index (χ1n) is 3.83. The van der Waals surface area contributed by atoms with E-state index in [9.17, 15) is 0 Å². The second-order valence-corrected chi connectivity index (χ2v) is 4.86. The molecular formula is C10H10BrClS. The van der Waals surface area contributed by atoms with E-state index in [1.54, 1.807) is 11.8 Å². The van der Waals surface area contributed by atoms with Crippen LogP contribution in [0.2, 0.25) is 0 Å². The summed E-state index contributed by atoms with van der Waals surface area (Å²) in [5.41, 5.74) is 1.06. The van der Waals surface area contributed by atoms with E-state index in [2.05, 4.69) is 34.6 Å². The maximum absolute atomic E-state index is 5.63. The zero-order valence-corrected chi connectivity index (χ0v) is 10.3. The van der Waals surface area contributed by atoms with E-state index in [1.165, 1.54) is 4.90 Å². The Morgan fingerprint density at radius 1 is 1.54 bits per heavy atom. The molecule has 0 spiro atoms. The summed E-state index contributed by atoms with van der Waals surface area (Å²) in [6, 6.07) is 8.21. The van der Waals surface area contributed by atoms with Gasteiger partial charge in [-0.2, -0.15) is 0 Å². The summed E-state index contributed by atoms with van der Waals surface area (Å²) in [5.74, 6) is 1.43. The molecule has 1 aromatic carbocycles. The molecule has 0 N–H and O–H groups in total. The number of rotatable bonds is 4. The number of halogens is 2. The fraction of sp³-hybridized carbons (Fsp3) is 0.200. The van der Waals surface area contributed by atoms with E-state index in [-0.39, 0.29) is 0 Å². The summed E-state index contributed by atoms with van der Waals surface area (Å²) in [7, 11) is 0. The Labute approximate surface area is 96.5 Å². The van der Waals surface area contributed by atoms with E-state index in [4.69, 9.17) is 11.6 Å². The van der Waals surface area contributed by atoms with Crippen molar-refractivity contribution in [1.29, 1.82) is 0 Å². The molecule has 0 bridgehead atoms. The van der Waals surface area contributed by atoms with Crippen molar-refractivity contribution in [3.63, 3.8) is 0 Å². The first-order valence-corrected chi connectivity index (χ1v) is 6.14. The summed E-state index contributed by atoms with van der Waals surface area (Å²) in [6.07, 6.45) is 0. The topological polar surface area (TPSA) is 0 Å². The van der Waals surface area contributed by atoms with Crippen LogP contribution in [-0.4, -0.2) is 11.6 Å². The fourth-order valence-electron chi connectivity index (χ4n) is 0.781. The lowest BCUT2D eigenvalue weighted by Gasteiger charge is -2.02. The van der Waals surface area contributed by atoms with Gasteiger partial charge in [0.2, 0.25) is 0 Å². The van der Waals surface area contributed by atoms with Crippen LogP contribution in [-0.2, 0) is 0 Å². The highest BCUT2D eigenvalue weighted by atomic mass is 79.9. The summed E-state index contributed by atoms with van der Waals surface area (Å²) in [5, 5.41) is 0. The molecule has 0 aliphatic heterocycles. The maximum Gasteiger partial charge on any atom is 0.0439 e. The van der Waals surface area contributed by atoms with Gasteiger partial charge in [0.15, 0.2) is 0 Å². The SMILES string of the molecule is C=C(CCl)CSc1cccc(Br)c1. The van der Waals surface area contributed by atoms with Crippen LogP contribution in [0.25, 0.3) is 0 Å². The molecule has 0 unspecified atom stereocenters. The molecule has 70 valence electrons. The molecule has 0 amide bonds. The third-order valence-corrected chi connectivity index (χ3v) is 3.44. The van der Waals surface area contributed by atoms with Gasteiger partial charge in [0, 0.05) is 21.0 Å². The van der Waals surface area contributed by atoms with Crippen LogP contribution in [0, 0.1) is 0 Å². The molecular weight excluding hydrogens is 268 g/mol. The molecule has 0 saturated carbocycles. The van der Waals surface area contributed by atoms with Gasteiger partial charge in [-0.3, -0.25) is 0 Å². The highest BCUT2D eigenvalue weighted by Crippen LogP contribution is 2.23. The number of thioether (sulfide) groups is 1. The second kappa shape index (κ2) is 5.74. The van der Waals surface area contributed by atoms with Crippen molar-refractivity contribution < 1.29 is 0 Å². The third kappa shape index (κ3) is 4.21. The van der Waals surface area contributed by atoms with E-state index < -0.39 is 0 Å². The Balaban J connectivity index is 2.50. The van der Waals surface area contributed by atoms with Gasteiger partial charge in [-0.05, 0) is 18.2 Å². The lowest BCUT2D eigenvalue weighted by atomic mass is 10.4. The molecule has 0 aromatic heterocycles. The Bertz CT molecular complexity index is 299. The summed E-state index contributed by atoms with van der Waals surface area (Å²) in [4.78, 5) is 1.24. The molecule has 0 aliphatic carbocycles. The van der Waals surface area contributed by atoms with Crippen LogP contribution in [0.1, 0.15) is 0 Å². The van der Waals surface area contributed by atoms with E-state index in [0.717, 1.165) is 15.8 Å². The van der Waals surface area contributed by atoms with Crippen LogP contribution >= 0.6 is 39.3 Å². The van der Waals surface area contributed by atoms with Crippen LogP contribution in [0.4, 0.5) is 0 Å². The highest BCUT2D eigenvalue weighted by molar-refractivity contribution is 9.10. The van der Waals surface area contributed by atoms with Crippen molar-refractivity contribution in [3.8, 4) is 0 Å². The quantitative estimate of drug-likeness (QED) is 0.448. The Morgan fingerprint density at radius 2 is 2.31 bits per heavy atom. The van der Waals surface area contributed by atoms with Crippen molar-refractivity contribution in [2.24, 2.45) is 0 Å². The van der Waals surface area contributed by atoms with E-state index in [1.807, 2.05) is 12.1 Å². The Morgan fingerprint density at radius 3 is 2.92 bits per heavy atom. The number of hydrogen-bond donors (Lipinski definition) is 0. The van der Waals surface area contributed by atoms with Gasteiger partial charge in [0.1, 0.15) is 0 Å². The lowest BCUT2D eigenvalue weighted by Crippen LogP contribution is -1.85. The van der Waals surface area contributed by atoms with Crippen LogP contribution < -0.4 is 0 Å². The molecule has 13 heavy (non-hydrogen) atoms.